The van der Waals surface area contributed by atoms with E-state index >= 15 is 0 Å². The molecule has 1 saturated heterocycles. The van der Waals surface area contributed by atoms with Gasteiger partial charge in [0.25, 0.3) is 11.6 Å². The quantitative estimate of drug-likeness (QED) is 0.901. The van der Waals surface area contributed by atoms with Crippen molar-refractivity contribution in [2.75, 3.05) is 33.4 Å². The number of fused-ring (bicyclic) bond motifs is 1. The summed E-state index contributed by atoms with van der Waals surface area (Å²) in [7, 11) is 1.47. The molecule has 1 aliphatic rings. The molecule has 0 bridgehead atoms. The largest absolute Gasteiger partial charge is 0.492 e. The van der Waals surface area contributed by atoms with Crippen LogP contribution in [0.1, 0.15) is 12.8 Å². The van der Waals surface area contributed by atoms with E-state index < -0.39 is 0 Å². The van der Waals surface area contributed by atoms with Gasteiger partial charge in [0.15, 0.2) is 0 Å². The predicted octanol–water partition coefficient (Wildman–Crippen LogP) is 1.41. The zero-order valence-corrected chi connectivity index (χ0v) is 12.1. The highest BCUT2D eigenvalue weighted by Crippen LogP contribution is 2.18. The minimum atomic E-state index is -0.208. The smallest absolute Gasteiger partial charge is 0.296 e. The first-order chi connectivity index (χ1) is 10.3. The number of aromatic amines is 1. The fraction of sp³-hybridized carbons (Fsp3) is 0.467. The van der Waals surface area contributed by atoms with Gasteiger partial charge in [0.2, 0.25) is 0 Å². The van der Waals surface area contributed by atoms with Crippen LogP contribution in [0.2, 0.25) is 0 Å². The van der Waals surface area contributed by atoms with Gasteiger partial charge in [0.05, 0.1) is 18.0 Å². The molecule has 6 nitrogen and oxygen atoms in total. The van der Waals surface area contributed by atoms with E-state index in [1.165, 1.54) is 20.0 Å². The number of methoxy groups -OCH3 is 1. The second-order valence-corrected chi connectivity index (χ2v) is 5.15. The lowest BCUT2D eigenvalue weighted by atomic mass is 10.2. The Morgan fingerprint density at radius 1 is 1.33 bits per heavy atom. The third kappa shape index (κ3) is 3.16. The zero-order valence-electron chi connectivity index (χ0n) is 12.1. The molecule has 2 aromatic rings. The zero-order chi connectivity index (χ0) is 14.7. The van der Waals surface area contributed by atoms with Gasteiger partial charge in [-0.25, -0.2) is 0 Å². The summed E-state index contributed by atoms with van der Waals surface area (Å²) in [5.41, 5.74) is 0.370. The molecule has 3 rings (SSSR count). The van der Waals surface area contributed by atoms with E-state index in [4.69, 9.17) is 9.47 Å². The highest BCUT2D eigenvalue weighted by Gasteiger charge is 2.11. The first kappa shape index (κ1) is 13.9. The monoisotopic (exact) mass is 289 g/mol. The lowest BCUT2D eigenvalue weighted by molar-refractivity contribution is 0.238. The van der Waals surface area contributed by atoms with E-state index in [0.717, 1.165) is 25.4 Å². The molecule has 0 aliphatic carbocycles. The minimum absolute atomic E-state index is 0.208. The van der Waals surface area contributed by atoms with Crippen LogP contribution in [0.3, 0.4) is 0 Å². The summed E-state index contributed by atoms with van der Waals surface area (Å²) in [6.45, 7) is 3.90. The molecule has 0 radical (unpaired) electrons. The third-order valence-electron chi connectivity index (χ3n) is 3.72. The normalized spacial score (nSPS) is 15.5. The number of nitrogens with one attached hydrogen (secondary N) is 1. The molecule has 1 N–H and O–H groups in total. The van der Waals surface area contributed by atoms with E-state index in [1.807, 2.05) is 0 Å². The Hall–Kier alpha value is -2.08. The maximum absolute atomic E-state index is 11.8. The van der Waals surface area contributed by atoms with Crippen molar-refractivity contribution in [1.82, 2.24) is 14.9 Å². The van der Waals surface area contributed by atoms with Crippen LogP contribution in [0, 0.1) is 0 Å². The second-order valence-electron chi connectivity index (χ2n) is 5.15. The minimum Gasteiger partial charge on any atom is -0.492 e. The van der Waals surface area contributed by atoms with E-state index in [9.17, 15) is 4.79 Å². The van der Waals surface area contributed by atoms with Crippen LogP contribution in [-0.2, 0) is 0 Å². The summed E-state index contributed by atoms with van der Waals surface area (Å²) in [6, 6.07) is 5.51. The summed E-state index contributed by atoms with van der Waals surface area (Å²) >= 11 is 0. The molecule has 1 aliphatic heterocycles. The van der Waals surface area contributed by atoms with Gasteiger partial charge < -0.3 is 9.47 Å². The number of hydrogen-bond donors (Lipinski definition) is 1. The van der Waals surface area contributed by atoms with Gasteiger partial charge in [-0.05, 0) is 38.1 Å². The van der Waals surface area contributed by atoms with Gasteiger partial charge in [0, 0.05) is 12.6 Å². The summed E-state index contributed by atoms with van der Waals surface area (Å²) in [5, 5.41) is 0.530. The Morgan fingerprint density at radius 2 is 2.14 bits per heavy atom. The summed E-state index contributed by atoms with van der Waals surface area (Å²) in [5.74, 6) is 0.724. The Kier molecular flexibility index (Phi) is 4.06. The van der Waals surface area contributed by atoms with Crippen LogP contribution in [0.15, 0.2) is 23.0 Å². The Morgan fingerprint density at radius 3 is 2.90 bits per heavy atom. The van der Waals surface area contributed by atoms with Crippen LogP contribution in [0.4, 0.5) is 0 Å². The average molecular weight is 289 g/mol. The van der Waals surface area contributed by atoms with Gasteiger partial charge >= 0.3 is 0 Å². The van der Waals surface area contributed by atoms with Crippen LogP contribution >= 0.6 is 0 Å². The van der Waals surface area contributed by atoms with Crippen LogP contribution in [0.25, 0.3) is 10.9 Å². The maximum atomic E-state index is 11.8. The lowest BCUT2D eigenvalue weighted by Crippen LogP contribution is -2.25. The number of nitrogens with zero attached hydrogens (tertiary/aromatic N) is 2. The highest BCUT2D eigenvalue weighted by molar-refractivity contribution is 5.79. The Balaban J connectivity index is 1.72. The summed E-state index contributed by atoms with van der Waals surface area (Å²) in [6.07, 6.45) is 2.56. The number of hydrogen-bond acceptors (Lipinski definition) is 5. The molecule has 0 unspecified atom stereocenters. The number of rotatable bonds is 5. The van der Waals surface area contributed by atoms with Crippen molar-refractivity contribution in [3.8, 4) is 11.8 Å². The number of likely N-dealkylation sites (tertiary alicyclic amines) is 1. The predicted molar refractivity (Wildman–Crippen MR) is 80.1 cm³/mol. The SMILES string of the molecule is COc1nc2cc(OCCN3CCCC3)ccc2c(=O)[nH]1. The Bertz CT molecular complexity index is 677. The highest BCUT2D eigenvalue weighted by atomic mass is 16.5. The second kappa shape index (κ2) is 6.13. The van der Waals surface area contributed by atoms with Gasteiger partial charge in [0.1, 0.15) is 12.4 Å². The maximum Gasteiger partial charge on any atom is 0.296 e. The first-order valence-corrected chi connectivity index (χ1v) is 7.19. The molecular weight excluding hydrogens is 270 g/mol. The summed E-state index contributed by atoms with van der Waals surface area (Å²) in [4.78, 5) is 21.0. The van der Waals surface area contributed by atoms with Crippen molar-refractivity contribution in [2.45, 2.75) is 12.8 Å². The Labute approximate surface area is 122 Å². The molecule has 1 fully saturated rings. The number of ether oxygens (including phenoxy) is 2. The van der Waals surface area contributed by atoms with Crippen LogP contribution < -0.4 is 15.0 Å². The number of aromatic nitrogens is 2. The van der Waals surface area contributed by atoms with Crippen molar-refractivity contribution < 1.29 is 9.47 Å². The van der Waals surface area contributed by atoms with Gasteiger partial charge in [-0.15, -0.1) is 0 Å². The molecular formula is C15H19N3O3. The van der Waals surface area contributed by atoms with Crippen molar-refractivity contribution in [3.63, 3.8) is 0 Å². The average Bonchev–Trinajstić information content (AvgIpc) is 3.00. The molecule has 0 atom stereocenters. The summed E-state index contributed by atoms with van der Waals surface area (Å²) < 4.78 is 10.7. The lowest BCUT2D eigenvalue weighted by Gasteiger charge is -2.15. The molecule has 2 heterocycles. The molecule has 1 aromatic carbocycles. The molecule has 0 saturated carbocycles. The molecule has 1 aromatic heterocycles. The fourth-order valence-corrected chi connectivity index (χ4v) is 2.58. The van der Waals surface area contributed by atoms with E-state index in [2.05, 4.69) is 14.9 Å². The van der Waals surface area contributed by atoms with Crippen molar-refractivity contribution in [1.29, 1.82) is 0 Å². The number of benzene rings is 1. The van der Waals surface area contributed by atoms with Crippen LogP contribution in [0.5, 0.6) is 11.8 Å². The molecule has 0 amide bonds. The molecule has 6 heteroatoms. The first-order valence-electron chi connectivity index (χ1n) is 7.19. The molecule has 0 spiro atoms. The van der Waals surface area contributed by atoms with Crippen molar-refractivity contribution in [2.24, 2.45) is 0 Å². The molecule has 112 valence electrons. The topological polar surface area (TPSA) is 67.5 Å². The third-order valence-corrected chi connectivity index (χ3v) is 3.72. The van der Waals surface area contributed by atoms with Gasteiger partial charge in [-0.2, -0.15) is 4.98 Å². The fourth-order valence-electron chi connectivity index (χ4n) is 2.58. The van der Waals surface area contributed by atoms with Gasteiger partial charge in [-0.3, -0.25) is 14.7 Å². The number of H-pyrrole nitrogens is 1. The van der Waals surface area contributed by atoms with Crippen LogP contribution in [-0.4, -0.2) is 48.2 Å². The van der Waals surface area contributed by atoms with E-state index in [0.29, 0.717) is 17.5 Å². The molecule has 21 heavy (non-hydrogen) atoms. The van der Waals surface area contributed by atoms with E-state index in [-0.39, 0.29) is 11.6 Å². The standard InChI is InChI=1S/C15H19N3O3/c1-20-15-16-13-10-11(4-5-12(13)14(19)17-15)21-9-8-18-6-2-3-7-18/h4-5,10H,2-3,6-9H2,1H3,(H,16,17,19). The van der Waals surface area contributed by atoms with Crippen molar-refractivity contribution in [3.05, 3.63) is 28.6 Å². The van der Waals surface area contributed by atoms with Gasteiger partial charge in [-0.1, -0.05) is 0 Å². The van der Waals surface area contributed by atoms with Crippen molar-refractivity contribution >= 4 is 10.9 Å². The van der Waals surface area contributed by atoms with E-state index in [1.54, 1.807) is 18.2 Å².